The lowest BCUT2D eigenvalue weighted by atomic mass is 10.2. The van der Waals surface area contributed by atoms with Gasteiger partial charge in [0.25, 0.3) is 0 Å². The highest BCUT2D eigenvalue weighted by atomic mass is 32.2. The minimum atomic E-state index is -3.52. The van der Waals surface area contributed by atoms with Crippen LogP contribution in [0.5, 0.6) is 0 Å². The summed E-state index contributed by atoms with van der Waals surface area (Å²) in [4.78, 5) is 0.156. The van der Waals surface area contributed by atoms with Crippen molar-refractivity contribution in [2.75, 3.05) is 0 Å². The van der Waals surface area contributed by atoms with Gasteiger partial charge in [-0.25, -0.2) is 13.6 Å². The van der Waals surface area contributed by atoms with Crippen molar-refractivity contribution in [1.29, 1.82) is 5.41 Å². The van der Waals surface area contributed by atoms with E-state index in [0.29, 0.717) is 0 Å². The number of hydrogen-bond acceptors (Lipinski definition) is 3. The molecule has 3 N–H and O–H groups in total. The zero-order chi connectivity index (χ0) is 14.3. The molecule has 0 heterocycles. The minimum Gasteiger partial charge on any atom is -0.308 e. The number of primary sulfonamides is 1. The van der Waals surface area contributed by atoms with Crippen molar-refractivity contribution in [3.05, 3.63) is 65.7 Å². The monoisotopic (exact) mass is 276 g/mol. The molecule has 0 atom stereocenters. The first kappa shape index (κ1) is 15.1. The Bertz CT molecular complexity index is 620. The molecule has 0 spiro atoms. The number of nitrogens with one attached hydrogen (secondary N) is 1. The molecule has 0 saturated heterocycles. The van der Waals surface area contributed by atoms with Crippen LogP contribution in [0.2, 0.25) is 0 Å². The molecule has 0 fully saturated rings. The molecule has 0 amide bonds. The predicted octanol–water partition coefficient (Wildman–Crippen LogP) is 2.33. The molecule has 0 aromatic heterocycles. The van der Waals surface area contributed by atoms with E-state index < -0.39 is 10.0 Å². The summed E-state index contributed by atoms with van der Waals surface area (Å²) in [7, 11) is -3.52. The van der Waals surface area contributed by atoms with E-state index in [-0.39, 0.29) is 4.90 Å². The molecule has 0 aliphatic carbocycles. The van der Waals surface area contributed by atoms with Crippen LogP contribution in [0.15, 0.2) is 59.5 Å². The number of rotatable bonds is 2. The first-order chi connectivity index (χ1) is 8.93. The highest BCUT2D eigenvalue weighted by Gasteiger charge is 2.04. The Morgan fingerprint density at radius 1 is 1.00 bits per heavy atom. The van der Waals surface area contributed by atoms with Crippen LogP contribution in [-0.2, 0) is 10.0 Å². The van der Waals surface area contributed by atoms with Crippen LogP contribution >= 0.6 is 0 Å². The summed E-state index contributed by atoms with van der Waals surface area (Å²) >= 11 is 0. The maximum absolute atomic E-state index is 10.7. The van der Waals surface area contributed by atoms with Crippen LogP contribution in [-0.4, -0.2) is 14.6 Å². The van der Waals surface area contributed by atoms with Crippen molar-refractivity contribution in [1.82, 2.24) is 0 Å². The quantitative estimate of drug-likeness (QED) is 0.825. The lowest BCUT2D eigenvalue weighted by Crippen LogP contribution is -2.11. The van der Waals surface area contributed by atoms with E-state index in [1.165, 1.54) is 18.3 Å². The molecule has 0 aliphatic heterocycles. The maximum atomic E-state index is 10.7. The molecular formula is C14H16N2O2S. The molecule has 100 valence electrons. The van der Waals surface area contributed by atoms with Gasteiger partial charge in [0.2, 0.25) is 10.0 Å². The van der Waals surface area contributed by atoms with Crippen LogP contribution in [0.3, 0.4) is 0 Å². The fourth-order valence-electron chi connectivity index (χ4n) is 1.28. The molecule has 0 aliphatic rings. The van der Waals surface area contributed by atoms with Gasteiger partial charge in [0.05, 0.1) is 4.90 Å². The molecular weight excluding hydrogens is 260 g/mol. The number of hydrogen-bond donors (Lipinski definition) is 2. The highest BCUT2D eigenvalue weighted by molar-refractivity contribution is 7.89. The molecule has 0 unspecified atom stereocenters. The van der Waals surface area contributed by atoms with Crippen molar-refractivity contribution < 1.29 is 8.42 Å². The summed E-state index contributed by atoms with van der Waals surface area (Å²) < 4.78 is 21.4. The zero-order valence-corrected chi connectivity index (χ0v) is 11.4. The van der Waals surface area contributed by atoms with E-state index in [1.807, 2.05) is 37.3 Å². The van der Waals surface area contributed by atoms with Gasteiger partial charge >= 0.3 is 0 Å². The van der Waals surface area contributed by atoms with Crippen LogP contribution in [0.1, 0.15) is 11.1 Å². The second-order valence-corrected chi connectivity index (χ2v) is 5.47. The topological polar surface area (TPSA) is 84.0 Å². The smallest absolute Gasteiger partial charge is 0.238 e. The summed E-state index contributed by atoms with van der Waals surface area (Å²) in [6.45, 7) is 1.88. The summed E-state index contributed by atoms with van der Waals surface area (Å²) in [6, 6.07) is 16.0. The van der Waals surface area contributed by atoms with Crippen LogP contribution in [0.25, 0.3) is 0 Å². The van der Waals surface area contributed by atoms with Crippen LogP contribution in [0.4, 0.5) is 0 Å². The van der Waals surface area contributed by atoms with Crippen molar-refractivity contribution in [3.8, 4) is 0 Å². The summed E-state index contributed by atoms with van der Waals surface area (Å²) in [6.07, 6.45) is 1.33. The summed E-state index contributed by atoms with van der Waals surface area (Å²) in [5.41, 5.74) is 1.96. The third kappa shape index (κ3) is 5.46. The van der Waals surface area contributed by atoms with Crippen LogP contribution in [0, 0.1) is 12.3 Å². The standard InChI is InChI=1S/C7H9NO2S.C7H7N/c1-6-2-4-7(5-3-6)11(8,9)10;8-6-7-4-2-1-3-5-7/h2-5H,1H3,(H2,8,9,10);1-6,8H. The second-order valence-electron chi connectivity index (χ2n) is 3.91. The van der Waals surface area contributed by atoms with E-state index in [1.54, 1.807) is 12.1 Å². The maximum Gasteiger partial charge on any atom is 0.238 e. The zero-order valence-electron chi connectivity index (χ0n) is 10.6. The largest absolute Gasteiger partial charge is 0.308 e. The van der Waals surface area contributed by atoms with Gasteiger partial charge in [-0.2, -0.15) is 0 Å². The highest BCUT2D eigenvalue weighted by Crippen LogP contribution is 2.06. The van der Waals surface area contributed by atoms with Crippen molar-refractivity contribution in [3.63, 3.8) is 0 Å². The van der Waals surface area contributed by atoms with Crippen molar-refractivity contribution in [2.45, 2.75) is 11.8 Å². The lowest BCUT2D eigenvalue weighted by Gasteiger charge is -1.96. The molecule has 2 rings (SSSR count). The molecule has 0 bridgehead atoms. The van der Waals surface area contributed by atoms with Gasteiger partial charge in [-0.15, -0.1) is 0 Å². The number of sulfonamides is 1. The van der Waals surface area contributed by atoms with Gasteiger partial charge < -0.3 is 5.41 Å². The second kappa shape index (κ2) is 6.82. The normalized spacial score (nSPS) is 10.2. The van der Waals surface area contributed by atoms with Crippen LogP contribution < -0.4 is 5.14 Å². The van der Waals surface area contributed by atoms with Gasteiger partial charge in [-0.05, 0) is 24.6 Å². The van der Waals surface area contributed by atoms with Crippen molar-refractivity contribution >= 4 is 16.2 Å². The average molecular weight is 276 g/mol. The summed E-state index contributed by atoms with van der Waals surface area (Å²) in [5.74, 6) is 0. The lowest BCUT2D eigenvalue weighted by molar-refractivity contribution is 0.598. The molecule has 5 heteroatoms. The number of nitrogens with two attached hydrogens (primary N) is 1. The Morgan fingerprint density at radius 3 is 1.89 bits per heavy atom. The predicted molar refractivity (Wildman–Crippen MR) is 76.9 cm³/mol. The number of benzene rings is 2. The first-order valence-electron chi connectivity index (χ1n) is 5.58. The van der Waals surface area contributed by atoms with E-state index in [4.69, 9.17) is 10.5 Å². The van der Waals surface area contributed by atoms with E-state index in [2.05, 4.69) is 0 Å². The SMILES string of the molecule is Cc1ccc(S(N)(=O)=O)cc1.N=Cc1ccccc1. The first-order valence-corrected chi connectivity index (χ1v) is 7.13. The van der Waals surface area contributed by atoms with Gasteiger partial charge in [0.15, 0.2) is 0 Å². The van der Waals surface area contributed by atoms with Crippen molar-refractivity contribution in [2.24, 2.45) is 5.14 Å². The third-order valence-electron chi connectivity index (χ3n) is 2.32. The fourth-order valence-corrected chi connectivity index (χ4v) is 1.79. The van der Waals surface area contributed by atoms with Gasteiger partial charge in [-0.1, -0.05) is 48.0 Å². The van der Waals surface area contributed by atoms with Gasteiger partial charge in [-0.3, -0.25) is 0 Å². The molecule has 2 aromatic carbocycles. The Labute approximate surface area is 113 Å². The third-order valence-corrected chi connectivity index (χ3v) is 3.24. The minimum absolute atomic E-state index is 0.156. The van der Waals surface area contributed by atoms with E-state index in [9.17, 15) is 8.42 Å². The Balaban J connectivity index is 0.000000200. The summed E-state index contributed by atoms with van der Waals surface area (Å²) in [5, 5.41) is 11.7. The van der Waals surface area contributed by atoms with Gasteiger partial charge in [0.1, 0.15) is 0 Å². The Morgan fingerprint density at radius 2 is 1.53 bits per heavy atom. The molecule has 4 nitrogen and oxygen atoms in total. The Kier molecular flexibility index (Phi) is 5.41. The Hall–Kier alpha value is -1.98. The molecule has 2 aromatic rings. The van der Waals surface area contributed by atoms with E-state index in [0.717, 1.165) is 11.1 Å². The fraction of sp³-hybridized carbons (Fsp3) is 0.0714. The number of aryl methyl sites for hydroxylation is 1. The van der Waals surface area contributed by atoms with E-state index >= 15 is 0 Å². The molecule has 19 heavy (non-hydrogen) atoms. The molecule has 0 saturated carbocycles. The van der Waals surface area contributed by atoms with Gasteiger partial charge in [0, 0.05) is 6.21 Å². The molecule has 0 radical (unpaired) electrons. The average Bonchev–Trinajstić information content (AvgIpc) is 2.40.